The van der Waals surface area contributed by atoms with Crippen LogP contribution in [0.15, 0.2) is 42.5 Å². The van der Waals surface area contributed by atoms with Gasteiger partial charge in [0.05, 0.1) is 5.56 Å². The summed E-state index contributed by atoms with van der Waals surface area (Å²) in [6, 6.07) is 12.1. The molecule has 2 N–H and O–H groups in total. The van der Waals surface area contributed by atoms with Gasteiger partial charge in [0.2, 0.25) is 0 Å². The number of carboxylic acid groups (broad SMARTS) is 1. The number of ether oxygens (including phenoxy) is 1. The van der Waals surface area contributed by atoms with Crippen molar-refractivity contribution in [3.63, 3.8) is 0 Å². The second kappa shape index (κ2) is 8.80. The minimum Gasteiger partial charge on any atom is -0.481 e. The van der Waals surface area contributed by atoms with E-state index in [-0.39, 0.29) is 36.5 Å². The quantitative estimate of drug-likeness (QED) is 0.583. The topological polar surface area (TPSA) is 92.7 Å². The number of hydrogen-bond donors (Lipinski definition) is 2. The van der Waals surface area contributed by atoms with E-state index in [2.05, 4.69) is 5.32 Å². The summed E-state index contributed by atoms with van der Waals surface area (Å²) in [6.45, 7) is 3.87. The first-order chi connectivity index (χ1) is 12.4. The molecule has 2 aromatic rings. The molecule has 0 bridgehead atoms. The molecule has 6 heteroatoms. The molecule has 0 aliphatic carbocycles. The number of nitrogens with one attached hydrogen (secondary N) is 1. The van der Waals surface area contributed by atoms with Gasteiger partial charge >= 0.3 is 11.9 Å². The normalized spacial score (nSPS) is 10.2. The molecular formula is C20H21NO5. The third kappa shape index (κ3) is 5.17. The number of carboxylic acids is 1. The number of hydrogen-bond acceptors (Lipinski definition) is 4. The maximum atomic E-state index is 12.6. The third-order valence-corrected chi connectivity index (χ3v) is 3.98. The lowest BCUT2D eigenvalue weighted by Crippen LogP contribution is -2.16. The average molecular weight is 355 g/mol. The van der Waals surface area contributed by atoms with Gasteiger partial charge in [0.1, 0.15) is 5.75 Å². The van der Waals surface area contributed by atoms with Crippen LogP contribution >= 0.6 is 0 Å². The third-order valence-electron chi connectivity index (χ3n) is 3.98. The maximum absolute atomic E-state index is 12.6. The van der Waals surface area contributed by atoms with Gasteiger partial charge in [0, 0.05) is 18.5 Å². The Bertz CT molecular complexity index is 829. The van der Waals surface area contributed by atoms with E-state index in [0.717, 1.165) is 11.1 Å². The van der Waals surface area contributed by atoms with Crippen molar-refractivity contribution in [1.82, 2.24) is 0 Å². The molecule has 0 radical (unpaired) electrons. The summed E-state index contributed by atoms with van der Waals surface area (Å²) >= 11 is 0. The second-order valence-electron chi connectivity index (χ2n) is 5.92. The number of rotatable bonds is 7. The van der Waals surface area contributed by atoms with Gasteiger partial charge in [0.25, 0.3) is 5.91 Å². The Kier molecular flexibility index (Phi) is 6.49. The van der Waals surface area contributed by atoms with Crippen molar-refractivity contribution in [2.75, 3.05) is 5.32 Å². The van der Waals surface area contributed by atoms with Crippen molar-refractivity contribution in [2.24, 2.45) is 0 Å². The van der Waals surface area contributed by atoms with E-state index in [4.69, 9.17) is 9.84 Å². The molecule has 0 heterocycles. The molecule has 2 rings (SSSR count). The first-order valence-corrected chi connectivity index (χ1v) is 8.27. The summed E-state index contributed by atoms with van der Waals surface area (Å²) < 4.78 is 5.25. The number of carbonyl (C=O) groups excluding carboxylic acids is 2. The number of aryl methyl sites for hydroxylation is 1. The molecule has 0 spiro atoms. The van der Waals surface area contributed by atoms with Gasteiger partial charge in [-0.2, -0.15) is 0 Å². The fourth-order valence-corrected chi connectivity index (χ4v) is 2.38. The van der Waals surface area contributed by atoms with Crippen LogP contribution in [-0.2, 0) is 9.59 Å². The fraction of sp³-hybridized carbons (Fsp3) is 0.250. The Morgan fingerprint density at radius 3 is 2.46 bits per heavy atom. The van der Waals surface area contributed by atoms with Gasteiger partial charge < -0.3 is 15.2 Å². The minimum atomic E-state index is -0.967. The Morgan fingerprint density at radius 2 is 1.73 bits per heavy atom. The highest BCUT2D eigenvalue weighted by Crippen LogP contribution is 2.23. The van der Waals surface area contributed by atoms with Gasteiger partial charge in [-0.3, -0.25) is 14.4 Å². The number of amides is 1. The summed E-state index contributed by atoms with van der Waals surface area (Å²) in [6.07, 6.45) is 0.0497. The van der Waals surface area contributed by atoms with Crippen molar-refractivity contribution >= 4 is 23.5 Å². The Balaban J connectivity index is 2.10. The number of benzene rings is 2. The maximum Gasteiger partial charge on any atom is 0.311 e. The van der Waals surface area contributed by atoms with E-state index in [1.807, 2.05) is 26.0 Å². The highest BCUT2D eigenvalue weighted by atomic mass is 16.5. The smallest absolute Gasteiger partial charge is 0.311 e. The SMILES string of the molecule is Cc1cccc(NC(=O)c2ccccc2OC(=O)CCCC(=O)O)c1C. The van der Waals surface area contributed by atoms with Crippen molar-refractivity contribution in [3.05, 3.63) is 59.2 Å². The highest BCUT2D eigenvalue weighted by Gasteiger charge is 2.16. The van der Waals surface area contributed by atoms with Crippen LogP contribution in [0.2, 0.25) is 0 Å². The van der Waals surface area contributed by atoms with Crippen molar-refractivity contribution in [2.45, 2.75) is 33.1 Å². The lowest BCUT2D eigenvalue weighted by atomic mass is 10.1. The van der Waals surface area contributed by atoms with Crippen molar-refractivity contribution in [1.29, 1.82) is 0 Å². The van der Waals surface area contributed by atoms with Gasteiger partial charge in [-0.15, -0.1) is 0 Å². The molecule has 0 unspecified atom stereocenters. The van der Waals surface area contributed by atoms with Crippen LogP contribution < -0.4 is 10.1 Å². The largest absolute Gasteiger partial charge is 0.481 e. The number of esters is 1. The van der Waals surface area contributed by atoms with Crippen LogP contribution in [0.4, 0.5) is 5.69 Å². The molecule has 1 amide bonds. The predicted molar refractivity (Wildman–Crippen MR) is 97.4 cm³/mol. The second-order valence-corrected chi connectivity index (χ2v) is 5.92. The summed E-state index contributed by atoms with van der Waals surface area (Å²) in [5.74, 6) is -1.77. The lowest BCUT2D eigenvalue weighted by Gasteiger charge is -2.13. The minimum absolute atomic E-state index is 0.0285. The van der Waals surface area contributed by atoms with E-state index >= 15 is 0 Å². The molecule has 26 heavy (non-hydrogen) atoms. The lowest BCUT2D eigenvalue weighted by molar-refractivity contribution is -0.137. The van der Waals surface area contributed by atoms with Gasteiger partial charge in [-0.05, 0) is 49.6 Å². The Hall–Kier alpha value is -3.15. The van der Waals surface area contributed by atoms with Crippen molar-refractivity contribution in [3.8, 4) is 5.75 Å². The van der Waals surface area contributed by atoms with Crippen molar-refractivity contribution < 1.29 is 24.2 Å². The molecule has 0 saturated heterocycles. The standard InChI is InChI=1S/C20H21NO5/c1-13-7-5-9-16(14(13)2)21-20(25)15-8-3-4-10-17(15)26-19(24)12-6-11-18(22)23/h3-5,7-10H,6,11-12H2,1-2H3,(H,21,25)(H,22,23). The summed E-state index contributed by atoms with van der Waals surface area (Å²) in [4.78, 5) is 35.0. The molecule has 0 fully saturated rings. The van der Waals surface area contributed by atoms with Gasteiger partial charge in [-0.1, -0.05) is 24.3 Å². The van der Waals surface area contributed by atoms with E-state index < -0.39 is 11.9 Å². The summed E-state index contributed by atoms with van der Waals surface area (Å²) in [7, 11) is 0. The molecule has 136 valence electrons. The predicted octanol–water partition coefficient (Wildman–Crippen LogP) is 3.72. The van der Waals surface area contributed by atoms with Gasteiger partial charge in [0.15, 0.2) is 0 Å². The molecule has 6 nitrogen and oxygen atoms in total. The molecular weight excluding hydrogens is 334 g/mol. The molecule has 2 aromatic carbocycles. The first-order valence-electron chi connectivity index (χ1n) is 8.27. The van der Waals surface area contributed by atoms with Crippen LogP contribution in [0.1, 0.15) is 40.7 Å². The molecule has 0 saturated carbocycles. The molecule has 0 atom stereocenters. The zero-order chi connectivity index (χ0) is 19.1. The number of carbonyl (C=O) groups is 3. The number of anilines is 1. The molecule has 0 aliphatic rings. The highest BCUT2D eigenvalue weighted by molar-refractivity contribution is 6.07. The van der Waals surface area contributed by atoms with Crippen LogP contribution in [0.5, 0.6) is 5.75 Å². The summed E-state index contributed by atoms with van der Waals surface area (Å²) in [5.41, 5.74) is 2.95. The zero-order valence-corrected chi connectivity index (χ0v) is 14.7. The Labute approximate surface area is 151 Å². The summed E-state index contributed by atoms with van der Waals surface area (Å²) in [5, 5.41) is 11.4. The Morgan fingerprint density at radius 1 is 1.00 bits per heavy atom. The number of para-hydroxylation sites is 1. The first kappa shape index (κ1) is 19.2. The molecule has 0 aromatic heterocycles. The van der Waals surface area contributed by atoms with E-state index in [0.29, 0.717) is 5.69 Å². The molecule has 0 aliphatic heterocycles. The van der Waals surface area contributed by atoms with Crippen LogP contribution in [-0.4, -0.2) is 23.0 Å². The van der Waals surface area contributed by atoms with Crippen LogP contribution in [0.25, 0.3) is 0 Å². The number of aliphatic carboxylic acids is 1. The van der Waals surface area contributed by atoms with E-state index in [1.54, 1.807) is 24.3 Å². The fourth-order valence-electron chi connectivity index (χ4n) is 2.38. The van der Waals surface area contributed by atoms with Crippen LogP contribution in [0, 0.1) is 13.8 Å². The van der Waals surface area contributed by atoms with Crippen LogP contribution in [0.3, 0.4) is 0 Å². The van der Waals surface area contributed by atoms with E-state index in [1.165, 1.54) is 6.07 Å². The zero-order valence-electron chi connectivity index (χ0n) is 14.7. The monoisotopic (exact) mass is 355 g/mol. The van der Waals surface area contributed by atoms with Gasteiger partial charge in [-0.25, -0.2) is 0 Å². The van der Waals surface area contributed by atoms with E-state index in [9.17, 15) is 14.4 Å². The average Bonchev–Trinajstić information content (AvgIpc) is 2.59.